The van der Waals surface area contributed by atoms with Crippen LogP contribution in [0.15, 0.2) is 52.4 Å². The first-order chi connectivity index (χ1) is 11.2. The van der Waals surface area contributed by atoms with Crippen molar-refractivity contribution in [1.29, 1.82) is 0 Å². The number of benzene rings is 1. The van der Waals surface area contributed by atoms with Gasteiger partial charge in [-0.3, -0.25) is 4.79 Å². The molecule has 0 bridgehead atoms. The Hall–Kier alpha value is -2.12. The lowest BCUT2D eigenvalue weighted by Crippen LogP contribution is -2.22. The van der Waals surface area contributed by atoms with E-state index in [9.17, 15) is 4.79 Å². The van der Waals surface area contributed by atoms with E-state index in [1.54, 1.807) is 11.3 Å². The van der Waals surface area contributed by atoms with E-state index < -0.39 is 0 Å². The van der Waals surface area contributed by atoms with E-state index in [4.69, 9.17) is 4.52 Å². The van der Waals surface area contributed by atoms with E-state index in [0.717, 1.165) is 10.6 Å². The van der Waals surface area contributed by atoms with E-state index in [-0.39, 0.29) is 11.2 Å². The molecule has 0 aliphatic carbocycles. The molecule has 3 rings (SSSR count). The van der Waals surface area contributed by atoms with Crippen LogP contribution in [0, 0.1) is 0 Å². The van der Waals surface area contributed by atoms with Crippen LogP contribution in [0.3, 0.4) is 0 Å². The van der Waals surface area contributed by atoms with Crippen LogP contribution < -0.4 is 5.32 Å². The summed E-state index contributed by atoms with van der Waals surface area (Å²) in [5.41, 5.74) is 0.794. The number of thioether (sulfide) groups is 1. The minimum atomic E-state index is -0.215. The molecule has 0 aliphatic rings. The number of hydrogen-bond donors (Lipinski definition) is 1. The van der Waals surface area contributed by atoms with Crippen LogP contribution in [0.25, 0.3) is 10.7 Å². The number of thiophene rings is 1. The Kier molecular flexibility index (Phi) is 5.09. The smallest absolute Gasteiger partial charge is 0.237 e. The molecule has 0 radical (unpaired) electrons. The number of amides is 1. The third-order valence-corrected chi connectivity index (χ3v) is 5.07. The van der Waals surface area contributed by atoms with Gasteiger partial charge in [0.15, 0.2) is 0 Å². The van der Waals surface area contributed by atoms with Gasteiger partial charge < -0.3 is 9.84 Å². The number of hydrogen-bond acceptors (Lipinski definition) is 6. The minimum absolute atomic E-state index is 0.0424. The second kappa shape index (κ2) is 7.43. The van der Waals surface area contributed by atoms with Gasteiger partial charge in [-0.2, -0.15) is 4.98 Å². The number of anilines is 1. The molecule has 2 heterocycles. The van der Waals surface area contributed by atoms with Crippen molar-refractivity contribution in [2.24, 2.45) is 0 Å². The first-order valence-electron chi connectivity index (χ1n) is 7.06. The summed E-state index contributed by atoms with van der Waals surface area (Å²) in [6.45, 7) is 1.86. The van der Waals surface area contributed by atoms with Gasteiger partial charge in [-0.15, -0.1) is 23.1 Å². The van der Waals surface area contributed by atoms with Crippen LogP contribution in [0.4, 0.5) is 5.69 Å². The highest BCUT2D eigenvalue weighted by Gasteiger charge is 2.16. The van der Waals surface area contributed by atoms with E-state index in [2.05, 4.69) is 15.5 Å². The van der Waals surface area contributed by atoms with Gasteiger partial charge in [0.25, 0.3) is 0 Å². The fraction of sp³-hybridized carbons (Fsp3) is 0.188. The van der Waals surface area contributed by atoms with Crippen molar-refractivity contribution in [3.63, 3.8) is 0 Å². The highest BCUT2D eigenvalue weighted by Crippen LogP contribution is 2.24. The monoisotopic (exact) mass is 345 g/mol. The highest BCUT2D eigenvalue weighted by atomic mass is 32.2. The summed E-state index contributed by atoms with van der Waals surface area (Å²) >= 11 is 3.03. The summed E-state index contributed by atoms with van der Waals surface area (Å²) in [7, 11) is 0. The molecule has 0 fully saturated rings. The van der Waals surface area contributed by atoms with Gasteiger partial charge in [0.1, 0.15) is 0 Å². The molecule has 2 aromatic heterocycles. The summed E-state index contributed by atoms with van der Waals surface area (Å²) in [4.78, 5) is 17.4. The van der Waals surface area contributed by atoms with Crippen molar-refractivity contribution < 1.29 is 9.32 Å². The Bertz CT molecular complexity index is 757. The molecule has 3 aromatic rings. The molecule has 0 spiro atoms. The molecule has 1 N–H and O–H groups in total. The standard InChI is InChI=1S/C16H15N3O2S2/c1-11(16(20)17-12-6-3-2-4-7-12)23-10-14-18-15(19-21-14)13-8-5-9-22-13/h2-9,11H,10H2,1H3,(H,17,20)/t11-/m0/s1. The zero-order valence-electron chi connectivity index (χ0n) is 12.4. The summed E-state index contributed by atoms with van der Waals surface area (Å²) in [6.07, 6.45) is 0. The second-order valence-electron chi connectivity index (χ2n) is 4.80. The average molecular weight is 345 g/mol. The lowest BCUT2D eigenvalue weighted by atomic mass is 10.3. The normalized spacial score (nSPS) is 12.0. The molecular formula is C16H15N3O2S2. The molecule has 1 amide bonds. The second-order valence-corrected chi connectivity index (χ2v) is 7.07. The van der Waals surface area contributed by atoms with E-state index in [1.807, 2.05) is 54.8 Å². The predicted molar refractivity (Wildman–Crippen MR) is 93.4 cm³/mol. The molecule has 23 heavy (non-hydrogen) atoms. The van der Waals surface area contributed by atoms with Gasteiger partial charge in [0.05, 0.1) is 15.9 Å². The first kappa shape index (κ1) is 15.8. The maximum Gasteiger partial charge on any atom is 0.237 e. The number of nitrogens with zero attached hydrogens (tertiary/aromatic N) is 2. The number of aromatic nitrogens is 2. The Labute approximate surface area is 142 Å². The highest BCUT2D eigenvalue weighted by molar-refractivity contribution is 7.99. The average Bonchev–Trinajstić information content (AvgIpc) is 3.24. The molecule has 0 saturated carbocycles. The van der Waals surface area contributed by atoms with E-state index in [1.165, 1.54) is 11.8 Å². The van der Waals surface area contributed by atoms with Crippen LogP contribution in [-0.2, 0) is 10.5 Å². The van der Waals surface area contributed by atoms with Crippen LogP contribution in [0.1, 0.15) is 12.8 Å². The van der Waals surface area contributed by atoms with Crippen molar-refractivity contribution in [1.82, 2.24) is 10.1 Å². The summed E-state index contributed by atoms with van der Waals surface area (Å²) in [5.74, 6) is 1.58. The fourth-order valence-electron chi connectivity index (χ4n) is 1.86. The summed E-state index contributed by atoms with van der Waals surface area (Å²) in [6, 6.07) is 13.3. The van der Waals surface area contributed by atoms with Crippen LogP contribution >= 0.6 is 23.1 Å². The van der Waals surface area contributed by atoms with Gasteiger partial charge in [-0.05, 0) is 30.5 Å². The Morgan fingerprint density at radius 3 is 2.87 bits per heavy atom. The van der Waals surface area contributed by atoms with Crippen molar-refractivity contribution in [2.45, 2.75) is 17.9 Å². The Morgan fingerprint density at radius 2 is 2.13 bits per heavy atom. The van der Waals surface area contributed by atoms with Gasteiger partial charge in [0, 0.05) is 5.69 Å². The van der Waals surface area contributed by atoms with Gasteiger partial charge in [-0.25, -0.2) is 0 Å². The van der Waals surface area contributed by atoms with E-state index in [0.29, 0.717) is 17.5 Å². The largest absolute Gasteiger partial charge is 0.338 e. The van der Waals surface area contributed by atoms with Crippen LogP contribution in [0.5, 0.6) is 0 Å². The van der Waals surface area contributed by atoms with E-state index >= 15 is 0 Å². The number of para-hydroxylation sites is 1. The molecule has 1 aromatic carbocycles. The number of carbonyl (C=O) groups excluding carboxylic acids is 1. The molecule has 0 unspecified atom stereocenters. The molecule has 7 heteroatoms. The summed E-state index contributed by atoms with van der Waals surface area (Å²) in [5, 5.41) is 8.59. The maximum atomic E-state index is 12.1. The quantitative estimate of drug-likeness (QED) is 0.730. The molecule has 0 aliphatic heterocycles. The number of rotatable bonds is 6. The Balaban J connectivity index is 1.52. The topological polar surface area (TPSA) is 68.0 Å². The lowest BCUT2D eigenvalue weighted by molar-refractivity contribution is -0.115. The SMILES string of the molecule is C[C@H](SCc1nc(-c2cccs2)no1)C(=O)Nc1ccccc1. The maximum absolute atomic E-state index is 12.1. The Morgan fingerprint density at radius 1 is 1.30 bits per heavy atom. The fourth-order valence-corrected chi connectivity index (χ4v) is 3.23. The molecule has 0 saturated heterocycles. The number of carbonyl (C=O) groups is 1. The van der Waals surface area contributed by atoms with Crippen molar-refractivity contribution in [3.8, 4) is 10.7 Å². The number of nitrogens with one attached hydrogen (secondary N) is 1. The van der Waals surface area contributed by atoms with Crippen molar-refractivity contribution >= 4 is 34.7 Å². The lowest BCUT2D eigenvalue weighted by Gasteiger charge is -2.10. The van der Waals surface area contributed by atoms with Crippen LogP contribution in [-0.4, -0.2) is 21.3 Å². The molecular weight excluding hydrogens is 330 g/mol. The third kappa shape index (κ3) is 4.20. The summed E-state index contributed by atoms with van der Waals surface area (Å²) < 4.78 is 5.23. The van der Waals surface area contributed by atoms with Gasteiger partial charge in [-0.1, -0.05) is 29.4 Å². The van der Waals surface area contributed by atoms with Crippen molar-refractivity contribution in [3.05, 3.63) is 53.7 Å². The zero-order chi connectivity index (χ0) is 16.1. The van der Waals surface area contributed by atoms with Gasteiger partial charge >= 0.3 is 0 Å². The van der Waals surface area contributed by atoms with Crippen LogP contribution in [0.2, 0.25) is 0 Å². The molecule has 1 atom stereocenters. The first-order valence-corrected chi connectivity index (χ1v) is 8.99. The molecule has 118 valence electrons. The van der Waals surface area contributed by atoms with Crippen molar-refractivity contribution in [2.75, 3.05) is 5.32 Å². The molecule has 5 nitrogen and oxygen atoms in total. The zero-order valence-corrected chi connectivity index (χ0v) is 14.1. The third-order valence-electron chi connectivity index (χ3n) is 3.08. The van der Waals surface area contributed by atoms with Gasteiger partial charge in [0.2, 0.25) is 17.6 Å². The minimum Gasteiger partial charge on any atom is -0.338 e. The predicted octanol–water partition coefficient (Wildman–Crippen LogP) is 4.06.